The van der Waals surface area contributed by atoms with Crippen molar-refractivity contribution in [3.8, 4) is 11.4 Å². The molecule has 3 aromatic rings. The predicted octanol–water partition coefficient (Wildman–Crippen LogP) is 4.87. The van der Waals surface area contributed by atoms with Crippen LogP contribution in [0.5, 0.6) is 0 Å². The highest BCUT2D eigenvalue weighted by Gasteiger charge is 2.20. The van der Waals surface area contributed by atoms with E-state index in [0.29, 0.717) is 0 Å². The van der Waals surface area contributed by atoms with Gasteiger partial charge in [-0.3, -0.25) is 0 Å². The number of nitrogens with one attached hydrogen (secondary N) is 1. The number of hydrogen-bond donors (Lipinski definition) is 1. The molecule has 0 aliphatic carbocycles. The number of imidazole rings is 1. The molecule has 112 valence electrons. The molecular weight excluding hydrogens is 268 g/mol. The summed E-state index contributed by atoms with van der Waals surface area (Å²) in [5.41, 5.74) is 6.21. The maximum absolute atomic E-state index is 3.82. The van der Waals surface area contributed by atoms with Gasteiger partial charge in [0.2, 0.25) is 0 Å². The first kappa shape index (κ1) is 14.6. The van der Waals surface area contributed by atoms with E-state index in [4.69, 9.17) is 0 Å². The molecule has 1 aromatic heterocycles. The van der Waals surface area contributed by atoms with Crippen LogP contribution in [-0.2, 0) is 6.54 Å². The Balaban J connectivity index is 2.18. The van der Waals surface area contributed by atoms with Crippen molar-refractivity contribution in [2.45, 2.75) is 33.2 Å². The molecule has 0 saturated heterocycles. The lowest BCUT2D eigenvalue weighted by molar-refractivity contribution is -0.660. The molecule has 2 heteroatoms. The molecule has 0 unspecified atom stereocenters. The van der Waals surface area contributed by atoms with E-state index >= 15 is 0 Å². The molecule has 22 heavy (non-hydrogen) atoms. The monoisotopic (exact) mass is 291 g/mol. The third-order valence-electron chi connectivity index (χ3n) is 4.19. The van der Waals surface area contributed by atoms with Gasteiger partial charge in [0.05, 0.1) is 12.1 Å². The Morgan fingerprint density at radius 2 is 1.91 bits per heavy atom. The first-order valence-corrected chi connectivity index (χ1v) is 7.98. The Labute approximate surface area is 132 Å². The molecule has 0 spiro atoms. The Kier molecular flexibility index (Phi) is 4.10. The Hall–Kier alpha value is -2.35. The second kappa shape index (κ2) is 6.18. The molecule has 1 heterocycles. The normalized spacial score (nSPS) is 11.0. The first-order valence-electron chi connectivity index (χ1n) is 7.98. The van der Waals surface area contributed by atoms with E-state index in [-0.39, 0.29) is 0 Å². The van der Waals surface area contributed by atoms with Crippen LogP contribution >= 0.6 is 0 Å². The quantitative estimate of drug-likeness (QED) is 0.647. The van der Waals surface area contributed by atoms with Gasteiger partial charge in [-0.25, -0.2) is 9.55 Å². The van der Waals surface area contributed by atoms with Gasteiger partial charge in [0.15, 0.2) is 11.0 Å². The van der Waals surface area contributed by atoms with Gasteiger partial charge in [0.25, 0.3) is 5.82 Å². The molecule has 0 saturated carbocycles. The molecule has 2 aromatic carbocycles. The number of aromatic nitrogens is 2. The summed E-state index contributed by atoms with van der Waals surface area (Å²) in [5, 5.41) is 0. The van der Waals surface area contributed by atoms with Crippen molar-refractivity contribution in [2.75, 3.05) is 0 Å². The molecule has 2 nitrogen and oxygen atoms in total. The van der Waals surface area contributed by atoms with Crippen molar-refractivity contribution in [1.82, 2.24) is 4.98 Å². The Bertz CT molecular complexity index is 794. The highest BCUT2D eigenvalue weighted by molar-refractivity contribution is 5.77. The second-order valence-corrected chi connectivity index (χ2v) is 5.78. The van der Waals surface area contributed by atoms with Gasteiger partial charge in [0, 0.05) is 5.56 Å². The van der Waals surface area contributed by atoms with Gasteiger partial charge in [-0.05, 0) is 37.1 Å². The summed E-state index contributed by atoms with van der Waals surface area (Å²) in [6.45, 7) is 9.29. The van der Waals surface area contributed by atoms with Crippen LogP contribution in [-0.4, -0.2) is 4.98 Å². The first-order chi connectivity index (χ1) is 10.7. The van der Waals surface area contributed by atoms with Crippen LogP contribution in [0.3, 0.4) is 0 Å². The van der Waals surface area contributed by atoms with Crippen molar-refractivity contribution < 1.29 is 4.57 Å². The number of unbranched alkanes of at least 4 members (excludes halogenated alkanes) is 1. The van der Waals surface area contributed by atoms with E-state index in [0.717, 1.165) is 12.1 Å². The van der Waals surface area contributed by atoms with Gasteiger partial charge in [-0.1, -0.05) is 50.3 Å². The fourth-order valence-electron chi connectivity index (χ4n) is 2.97. The van der Waals surface area contributed by atoms with Gasteiger partial charge in [-0.2, -0.15) is 0 Å². The summed E-state index contributed by atoms with van der Waals surface area (Å²) in [7, 11) is 0. The fraction of sp³-hybridized carbons (Fsp3) is 0.250. The van der Waals surface area contributed by atoms with Crippen LogP contribution in [0.15, 0.2) is 49.0 Å². The minimum absolute atomic E-state index is 1.04. The van der Waals surface area contributed by atoms with E-state index in [1.807, 2.05) is 6.08 Å². The highest BCUT2D eigenvalue weighted by atomic mass is 15.1. The molecule has 0 radical (unpaired) electrons. The molecule has 0 fully saturated rings. The van der Waals surface area contributed by atoms with Crippen LogP contribution in [0, 0.1) is 6.92 Å². The molecule has 0 bridgehead atoms. The van der Waals surface area contributed by atoms with Gasteiger partial charge in [-0.15, -0.1) is 0 Å². The average molecular weight is 291 g/mol. The van der Waals surface area contributed by atoms with E-state index in [1.165, 1.54) is 40.8 Å². The van der Waals surface area contributed by atoms with E-state index < -0.39 is 0 Å². The summed E-state index contributed by atoms with van der Waals surface area (Å²) < 4.78 is 2.43. The lowest BCUT2D eigenvalue weighted by atomic mass is 10.1. The van der Waals surface area contributed by atoms with Gasteiger partial charge < -0.3 is 0 Å². The SMILES string of the molecule is C=Cc1ccc(-c2[nH]c3cccc(C)c3[n+]2CCCC)cc1. The number of aryl methyl sites for hydroxylation is 2. The zero-order valence-corrected chi connectivity index (χ0v) is 13.4. The summed E-state index contributed by atoms with van der Waals surface area (Å²) in [6, 6.07) is 15.0. The van der Waals surface area contributed by atoms with E-state index in [9.17, 15) is 0 Å². The third kappa shape index (κ3) is 2.57. The molecular formula is C20H23N2+. The number of H-pyrrole nitrogens is 1. The standard InChI is InChI=1S/C20H22N2/c1-4-6-14-22-19-15(3)8-7-9-18(19)21-20(22)17-12-10-16(5-2)11-13-17/h5,7-13H,2,4,6,14H2,1,3H3/p+1. The molecule has 3 rings (SSSR count). The zero-order valence-electron chi connectivity index (χ0n) is 13.4. The highest BCUT2D eigenvalue weighted by Crippen LogP contribution is 2.22. The fourth-order valence-corrected chi connectivity index (χ4v) is 2.97. The van der Waals surface area contributed by atoms with Crippen molar-refractivity contribution in [3.63, 3.8) is 0 Å². The minimum Gasteiger partial charge on any atom is -0.236 e. The van der Waals surface area contributed by atoms with Crippen LogP contribution in [0.25, 0.3) is 28.5 Å². The van der Waals surface area contributed by atoms with Crippen LogP contribution < -0.4 is 4.57 Å². The smallest absolute Gasteiger partial charge is 0.236 e. The molecule has 1 N–H and O–H groups in total. The lowest BCUT2D eigenvalue weighted by Gasteiger charge is -2.03. The zero-order chi connectivity index (χ0) is 15.5. The number of benzene rings is 2. The number of para-hydroxylation sites is 1. The number of nitrogens with zero attached hydrogens (tertiary/aromatic N) is 1. The maximum Gasteiger partial charge on any atom is 0.287 e. The van der Waals surface area contributed by atoms with Crippen molar-refractivity contribution in [1.29, 1.82) is 0 Å². The molecule has 0 aliphatic rings. The molecule has 0 atom stereocenters. The topological polar surface area (TPSA) is 19.7 Å². The Morgan fingerprint density at radius 1 is 1.14 bits per heavy atom. The largest absolute Gasteiger partial charge is 0.287 e. The van der Waals surface area contributed by atoms with Crippen molar-refractivity contribution >= 4 is 17.1 Å². The van der Waals surface area contributed by atoms with Crippen molar-refractivity contribution in [2.24, 2.45) is 0 Å². The summed E-state index contributed by atoms with van der Waals surface area (Å²) in [6.07, 6.45) is 4.26. The lowest BCUT2D eigenvalue weighted by Crippen LogP contribution is -2.35. The third-order valence-corrected chi connectivity index (χ3v) is 4.19. The van der Waals surface area contributed by atoms with E-state index in [2.05, 4.69) is 72.4 Å². The number of fused-ring (bicyclic) bond motifs is 1. The van der Waals surface area contributed by atoms with Gasteiger partial charge >= 0.3 is 0 Å². The minimum atomic E-state index is 1.04. The van der Waals surface area contributed by atoms with Crippen LogP contribution in [0.4, 0.5) is 0 Å². The number of hydrogen-bond acceptors (Lipinski definition) is 0. The maximum atomic E-state index is 3.82. The van der Waals surface area contributed by atoms with Crippen LogP contribution in [0.2, 0.25) is 0 Å². The Morgan fingerprint density at radius 3 is 2.59 bits per heavy atom. The molecule has 0 amide bonds. The van der Waals surface area contributed by atoms with E-state index in [1.54, 1.807) is 0 Å². The predicted molar refractivity (Wildman–Crippen MR) is 93.7 cm³/mol. The summed E-state index contributed by atoms with van der Waals surface area (Å²) in [5.74, 6) is 1.19. The van der Waals surface area contributed by atoms with Crippen LogP contribution in [0.1, 0.15) is 30.9 Å². The summed E-state index contributed by atoms with van der Waals surface area (Å²) >= 11 is 0. The molecule has 0 aliphatic heterocycles. The summed E-state index contributed by atoms with van der Waals surface area (Å²) in [4.78, 5) is 3.60. The number of aromatic amines is 1. The van der Waals surface area contributed by atoms with Gasteiger partial charge in [0.1, 0.15) is 0 Å². The number of rotatable bonds is 5. The second-order valence-electron chi connectivity index (χ2n) is 5.78. The average Bonchev–Trinajstić information content (AvgIpc) is 2.93. The van der Waals surface area contributed by atoms with Crippen molar-refractivity contribution in [3.05, 3.63) is 60.2 Å².